The molecule has 0 amide bonds. The second-order valence-electron chi connectivity index (χ2n) is 5.49. The third-order valence-electron chi connectivity index (χ3n) is 3.65. The van der Waals surface area contributed by atoms with E-state index in [9.17, 15) is 8.42 Å². The Morgan fingerprint density at radius 1 is 0.926 bits per heavy atom. The summed E-state index contributed by atoms with van der Waals surface area (Å²) < 4.78 is 35.4. The van der Waals surface area contributed by atoms with E-state index in [1.54, 1.807) is 61.9 Å². The Labute approximate surface area is 163 Å². The normalized spacial score (nSPS) is 11.5. The van der Waals surface area contributed by atoms with E-state index in [0.29, 0.717) is 16.3 Å². The van der Waals surface area contributed by atoms with E-state index in [-0.39, 0.29) is 10.6 Å². The number of para-hydroxylation sites is 1. The molecule has 0 heterocycles. The van der Waals surface area contributed by atoms with Gasteiger partial charge in [-0.05, 0) is 60.7 Å². The SMILES string of the molecule is COc1ccc(N=Cc2ccccc2OS(=O)(=O)c2ccc(Cl)cc2)cc1. The fraction of sp³-hybridized carbons (Fsp3) is 0.0500. The van der Waals surface area contributed by atoms with Crippen LogP contribution in [0.1, 0.15) is 5.56 Å². The van der Waals surface area contributed by atoms with Gasteiger partial charge in [0.1, 0.15) is 10.6 Å². The summed E-state index contributed by atoms with van der Waals surface area (Å²) in [6.07, 6.45) is 1.55. The van der Waals surface area contributed by atoms with Crippen LogP contribution in [0.15, 0.2) is 82.7 Å². The maximum Gasteiger partial charge on any atom is 0.339 e. The molecule has 0 atom stereocenters. The molecule has 0 aromatic heterocycles. The first kappa shape index (κ1) is 18.9. The van der Waals surface area contributed by atoms with Gasteiger partial charge in [0.05, 0.1) is 12.8 Å². The molecule has 0 spiro atoms. The molecule has 0 unspecified atom stereocenters. The van der Waals surface area contributed by atoms with Crippen molar-refractivity contribution in [2.75, 3.05) is 7.11 Å². The summed E-state index contributed by atoms with van der Waals surface area (Å²) in [5.74, 6) is 0.913. The first-order chi connectivity index (χ1) is 13.0. The van der Waals surface area contributed by atoms with Crippen LogP contribution in [0.5, 0.6) is 11.5 Å². The van der Waals surface area contributed by atoms with Crippen molar-refractivity contribution in [3.63, 3.8) is 0 Å². The first-order valence-electron chi connectivity index (χ1n) is 7.95. The highest BCUT2D eigenvalue weighted by atomic mass is 35.5. The third kappa shape index (κ3) is 4.87. The molecule has 0 fully saturated rings. The Morgan fingerprint density at radius 2 is 1.59 bits per heavy atom. The van der Waals surface area contributed by atoms with Gasteiger partial charge in [-0.3, -0.25) is 4.99 Å². The average molecular weight is 402 g/mol. The van der Waals surface area contributed by atoms with Crippen molar-refractivity contribution in [3.8, 4) is 11.5 Å². The zero-order valence-corrected chi connectivity index (χ0v) is 15.9. The molecule has 0 aliphatic carbocycles. The van der Waals surface area contributed by atoms with Gasteiger partial charge in [-0.15, -0.1) is 0 Å². The summed E-state index contributed by atoms with van der Waals surface area (Å²) in [5, 5.41) is 0.445. The molecular weight excluding hydrogens is 386 g/mol. The number of ether oxygens (including phenoxy) is 1. The van der Waals surface area contributed by atoms with Gasteiger partial charge in [-0.25, -0.2) is 0 Å². The van der Waals surface area contributed by atoms with Crippen LogP contribution in [-0.2, 0) is 10.1 Å². The van der Waals surface area contributed by atoms with Crippen LogP contribution in [-0.4, -0.2) is 21.7 Å². The van der Waals surface area contributed by atoms with E-state index in [1.165, 1.54) is 24.3 Å². The zero-order chi connectivity index (χ0) is 19.3. The predicted octanol–water partition coefficient (Wildman–Crippen LogP) is 4.87. The second kappa shape index (κ2) is 8.24. The lowest BCUT2D eigenvalue weighted by atomic mass is 10.2. The molecule has 7 heteroatoms. The summed E-state index contributed by atoms with van der Waals surface area (Å²) in [5.41, 5.74) is 1.23. The molecule has 3 aromatic carbocycles. The van der Waals surface area contributed by atoms with Crippen LogP contribution in [0.25, 0.3) is 0 Å². The van der Waals surface area contributed by atoms with Crippen molar-refractivity contribution in [3.05, 3.63) is 83.4 Å². The lowest BCUT2D eigenvalue weighted by Gasteiger charge is -2.09. The van der Waals surface area contributed by atoms with Crippen molar-refractivity contribution in [2.45, 2.75) is 4.90 Å². The highest BCUT2D eigenvalue weighted by molar-refractivity contribution is 7.87. The highest BCUT2D eigenvalue weighted by Gasteiger charge is 2.17. The number of methoxy groups -OCH3 is 1. The molecule has 27 heavy (non-hydrogen) atoms. The Kier molecular flexibility index (Phi) is 5.78. The van der Waals surface area contributed by atoms with E-state index >= 15 is 0 Å². The molecule has 3 rings (SSSR count). The smallest absolute Gasteiger partial charge is 0.339 e. The van der Waals surface area contributed by atoms with Gasteiger partial charge in [0, 0.05) is 16.8 Å². The van der Waals surface area contributed by atoms with E-state index in [4.69, 9.17) is 20.5 Å². The minimum Gasteiger partial charge on any atom is -0.497 e. The number of hydrogen-bond donors (Lipinski definition) is 0. The molecule has 0 aliphatic heterocycles. The van der Waals surface area contributed by atoms with Gasteiger partial charge in [0.25, 0.3) is 0 Å². The summed E-state index contributed by atoms with van der Waals surface area (Å²) in [4.78, 5) is 4.38. The van der Waals surface area contributed by atoms with Crippen LogP contribution < -0.4 is 8.92 Å². The largest absolute Gasteiger partial charge is 0.497 e. The van der Waals surface area contributed by atoms with Crippen LogP contribution in [0, 0.1) is 0 Å². The number of halogens is 1. The molecule has 138 valence electrons. The minimum atomic E-state index is -3.98. The molecule has 0 bridgehead atoms. The van der Waals surface area contributed by atoms with Crippen molar-refractivity contribution in [1.82, 2.24) is 0 Å². The number of nitrogens with zero attached hydrogens (tertiary/aromatic N) is 1. The van der Waals surface area contributed by atoms with Crippen molar-refractivity contribution >= 4 is 33.6 Å². The summed E-state index contributed by atoms with van der Waals surface area (Å²) in [6, 6.07) is 19.7. The maximum absolute atomic E-state index is 12.5. The zero-order valence-electron chi connectivity index (χ0n) is 14.4. The quantitative estimate of drug-likeness (QED) is 0.436. The third-order valence-corrected chi connectivity index (χ3v) is 5.15. The molecule has 0 saturated carbocycles. The Bertz CT molecular complexity index is 1050. The average Bonchev–Trinajstić information content (AvgIpc) is 2.68. The first-order valence-corrected chi connectivity index (χ1v) is 9.74. The van der Waals surface area contributed by atoms with Gasteiger partial charge in [0.15, 0.2) is 5.75 Å². The number of rotatable bonds is 6. The van der Waals surface area contributed by atoms with Crippen molar-refractivity contribution in [1.29, 1.82) is 0 Å². The summed E-state index contributed by atoms with van der Waals surface area (Å²) in [6.45, 7) is 0. The lowest BCUT2D eigenvalue weighted by Crippen LogP contribution is -2.10. The molecule has 0 N–H and O–H groups in total. The topological polar surface area (TPSA) is 65.0 Å². The Balaban J connectivity index is 1.85. The van der Waals surface area contributed by atoms with E-state index in [1.807, 2.05) is 0 Å². The predicted molar refractivity (Wildman–Crippen MR) is 106 cm³/mol. The Morgan fingerprint density at radius 3 is 2.26 bits per heavy atom. The van der Waals surface area contributed by atoms with Crippen molar-refractivity contribution in [2.24, 2.45) is 4.99 Å². The van der Waals surface area contributed by atoms with Crippen LogP contribution in [0.3, 0.4) is 0 Å². The lowest BCUT2D eigenvalue weighted by molar-refractivity contribution is 0.415. The number of benzene rings is 3. The van der Waals surface area contributed by atoms with Gasteiger partial charge in [-0.2, -0.15) is 8.42 Å². The van der Waals surface area contributed by atoms with E-state index < -0.39 is 10.1 Å². The fourth-order valence-electron chi connectivity index (χ4n) is 2.24. The number of hydrogen-bond acceptors (Lipinski definition) is 5. The monoisotopic (exact) mass is 401 g/mol. The minimum absolute atomic E-state index is 0.0220. The van der Waals surface area contributed by atoms with Crippen LogP contribution >= 0.6 is 11.6 Å². The molecule has 0 aliphatic rings. The second-order valence-corrected chi connectivity index (χ2v) is 7.47. The van der Waals surface area contributed by atoms with Gasteiger partial charge < -0.3 is 8.92 Å². The summed E-state index contributed by atoms with van der Waals surface area (Å²) >= 11 is 5.80. The molecule has 0 saturated heterocycles. The van der Waals surface area contributed by atoms with Crippen LogP contribution in [0.4, 0.5) is 5.69 Å². The fourth-order valence-corrected chi connectivity index (χ4v) is 3.32. The summed E-state index contributed by atoms with van der Waals surface area (Å²) in [7, 11) is -2.39. The molecule has 3 aromatic rings. The van der Waals surface area contributed by atoms with Crippen LogP contribution in [0.2, 0.25) is 5.02 Å². The number of aliphatic imine (C=N–C) groups is 1. The highest BCUT2D eigenvalue weighted by Crippen LogP contribution is 2.24. The van der Waals surface area contributed by atoms with Gasteiger partial charge >= 0.3 is 10.1 Å². The van der Waals surface area contributed by atoms with Gasteiger partial charge in [-0.1, -0.05) is 23.7 Å². The maximum atomic E-state index is 12.5. The van der Waals surface area contributed by atoms with E-state index in [0.717, 1.165) is 5.75 Å². The Hall–Kier alpha value is -2.83. The molecular formula is C20H16ClNO4S. The standard InChI is InChI=1S/C20H16ClNO4S/c1-25-18-10-8-17(9-11-18)22-14-15-4-2-3-5-20(15)26-27(23,24)19-12-6-16(21)7-13-19/h2-14H,1H3. The molecule has 5 nitrogen and oxygen atoms in total. The van der Waals surface area contributed by atoms with Gasteiger partial charge in [0.2, 0.25) is 0 Å². The van der Waals surface area contributed by atoms with Crippen molar-refractivity contribution < 1.29 is 17.3 Å². The van der Waals surface area contributed by atoms with E-state index in [2.05, 4.69) is 4.99 Å². The molecule has 0 radical (unpaired) electrons.